The first-order valence-corrected chi connectivity index (χ1v) is 44.2. The van der Waals surface area contributed by atoms with Gasteiger partial charge >= 0.3 is 19.5 Å². The Morgan fingerprint density at radius 1 is 0.508 bits per heavy atom. The maximum Gasteiger partial charge on any atom is 0.495 e. The number of aromatic nitrogens is 14. The molecule has 0 radical (unpaired) electrons. The largest absolute Gasteiger partial charge is 0.495 e. The summed E-state index contributed by atoms with van der Waals surface area (Å²) in [6.07, 6.45) is 15.3. The van der Waals surface area contributed by atoms with Crippen molar-refractivity contribution in [1.82, 2.24) is 72.8 Å². The fraction of sp³-hybridized carbons (Fsp3) is 0.329. The van der Waals surface area contributed by atoms with E-state index < -0.39 is 53.6 Å². The molecule has 4 aromatic carbocycles. The van der Waals surface area contributed by atoms with Crippen LogP contribution in [0.5, 0.6) is 0 Å². The maximum atomic E-state index is 13.0. The van der Waals surface area contributed by atoms with Gasteiger partial charge in [-0.1, -0.05) is 29.8 Å². The maximum absolute atomic E-state index is 13.0. The van der Waals surface area contributed by atoms with Crippen molar-refractivity contribution in [1.29, 1.82) is 0 Å². The van der Waals surface area contributed by atoms with Crippen LogP contribution in [0.3, 0.4) is 0 Å². The minimum absolute atomic E-state index is 0.0717. The van der Waals surface area contributed by atoms with E-state index in [1.807, 2.05) is 121 Å². The number of benzene rings is 4. The average Bonchev–Trinajstić information content (AvgIpc) is 1.61. The molecule has 126 heavy (non-hydrogen) atoms. The van der Waals surface area contributed by atoms with Crippen molar-refractivity contribution in [2.45, 2.75) is 65.1 Å². The van der Waals surface area contributed by atoms with Crippen molar-refractivity contribution in [3.8, 4) is 11.3 Å². The van der Waals surface area contributed by atoms with E-state index in [0.29, 0.717) is 64.7 Å². The Kier molecular flexibility index (Phi) is 34.9. The summed E-state index contributed by atoms with van der Waals surface area (Å²) in [6.45, 7) is 24.5. The highest BCUT2D eigenvalue weighted by Crippen LogP contribution is 2.38. The quantitative estimate of drug-likeness (QED) is 0.0428. The number of alkyl halides is 7. The van der Waals surface area contributed by atoms with Crippen LogP contribution in [0.25, 0.3) is 33.8 Å². The number of carbonyl (C=O) groups excluding carboxylic acids is 3. The molecule has 0 spiro atoms. The molecule has 13 aromatic rings. The Balaban J connectivity index is 0.000000151. The Hall–Kier alpha value is -9.22. The third-order valence-corrected chi connectivity index (χ3v) is 22.4. The second-order valence-electron chi connectivity index (χ2n) is 28.8. The smallest absolute Gasteiger partial charge is 0.399 e. The molecule has 9 aromatic heterocycles. The molecule has 44 heteroatoms. The highest BCUT2D eigenvalue weighted by atomic mass is 79.9. The number of ether oxygens (including phenoxy) is 4. The van der Waals surface area contributed by atoms with Gasteiger partial charge in [0.25, 0.3) is 11.8 Å². The fourth-order valence-corrected chi connectivity index (χ4v) is 15.2. The number of halogens is 13. The Morgan fingerprint density at radius 3 is 1.30 bits per heavy atom. The van der Waals surface area contributed by atoms with Gasteiger partial charge in [-0.15, -0.1) is 11.6 Å². The van der Waals surface area contributed by atoms with Crippen LogP contribution >= 0.6 is 107 Å². The zero-order chi connectivity index (χ0) is 90.5. The van der Waals surface area contributed by atoms with Crippen LogP contribution in [-0.2, 0) is 45.4 Å². The topological polar surface area (TPSA) is 325 Å². The number of fused-ring (bicyclic) bond motifs is 4. The number of nitrogens with zero attached hydrogens (tertiary/aromatic N) is 17. The number of aldehydes is 1. The molecule has 14 heterocycles. The molecular formula is C82H85BBr6ClF6N21O9. The molecular weight excluding hydrogens is 2060 g/mol. The Bertz CT molecular complexity index is 5740. The second-order valence-corrected chi connectivity index (χ2v) is 33.9. The number of morpholine rings is 4. The first-order chi connectivity index (χ1) is 60.2. The van der Waals surface area contributed by atoms with E-state index in [2.05, 4.69) is 171 Å². The number of amides is 2. The molecule has 0 aliphatic carbocycles. The number of imidazole rings is 4. The number of hydrogen-bond acceptors (Lipinski definition) is 24. The van der Waals surface area contributed by atoms with Crippen LogP contribution in [0, 0.1) is 13.8 Å². The molecule has 5 aliphatic heterocycles. The van der Waals surface area contributed by atoms with Gasteiger partial charge in [-0.3, -0.25) is 9.59 Å². The molecule has 5 aliphatic rings. The van der Waals surface area contributed by atoms with Crippen LogP contribution < -0.4 is 41.8 Å². The zero-order valence-corrected chi connectivity index (χ0v) is 78.8. The Labute approximate surface area is 775 Å². The minimum atomic E-state index is -4.52. The lowest BCUT2D eigenvalue weighted by Crippen LogP contribution is -2.41. The number of aryl methyl sites for hydroxylation is 2. The molecule has 5 fully saturated rings. The first-order valence-electron chi connectivity index (χ1n) is 38.9. The van der Waals surface area contributed by atoms with E-state index in [1.54, 1.807) is 55.2 Å². The lowest BCUT2D eigenvalue weighted by Gasteiger charge is -2.32. The molecule has 0 bridgehead atoms. The highest BCUT2D eigenvalue weighted by Gasteiger charge is 2.52. The van der Waals surface area contributed by atoms with Crippen molar-refractivity contribution < 1.29 is 69.0 Å². The summed E-state index contributed by atoms with van der Waals surface area (Å²) >= 11 is 24.5. The van der Waals surface area contributed by atoms with E-state index in [1.165, 1.54) is 24.3 Å². The summed E-state index contributed by atoms with van der Waals surface area (Å²) in [7, 11) is -0.606. The summed E-state index contributed by atoms with van der Waals surface area (Å²) < 4.78 is 123. The van der Waals surface area contributed by atoms with Crippen LogP contribution in [0.1, 0.15) is 70.7 Å². The molecule has 0 atom stereocenters. The summed E-state index contributed by atoms with van der Waals surface area (Å²) in [6, 6.07) is 19.2. The minimum Gasteiger partial charge on any atom is -0.399 e. The predicted molar refractivity (Wildman–Crippen MR) is 490 cm³/mol. The van der Waals surface area contributed by atoms with Gasteiger partial charge in [0.2, 0.25) is 0 Å². The van der Waals surface area contributed by atoms with Gasteiger partial charge in [0.15, 0.2) is 50.5 Å². The van der Waals surface area contributed by atoms with Gasteiger partial charge in [-0.2, -0.15) is 26.3 Å². The van der Waals surface area contributed by atoms with Gasteiger partial charge in [0, 0.05) is 155 Å². The van der Waals surface area contributed by atoms with Crippen LogP contribution in [0.15, 0.2) is 193 Å². The number of nitrogen functional groups attached to an aromatic ring is 1. The van der Waals surface area contributed by atoms with E-state index in [-0.39, 0.29) is 17.0 Å². The summed E-state index contributed by atoms with van der Waals surface area (Å²) in [5.74, 6) is 1.84. The van der Waals surface area contributed by atoms with Crippen LogP contribution in [-0.4, -0.2) is 215 Å². The normalized spacial score (nSPS) is 15.4. The van der Waals surface area contributed by atoms with Gasteiger partial charge in [0.05, 0.1) is 93.0 Å². The molecule has 5 N–H and O–H groups in total. The van der Waals surface area contributed by atoms with E-state index in [9.17, 15) is 35.9 Å². The van der Waals surface area contributed by atoms with Crippen LogP contribution in [0.4, 0.5) is 61.0 Å². The first kappa shape index (κ1) is 97.4. The lowest BCUT2D eigenvalue weighted by atomic mass is 9.76. The molecule has 666 valence electrons. The highest BCUT2D eigenvalue weighted by molar-refractivity contribution is 9.11. The molecule has 18 rings (SSSR count). The molecule has 2 amide bonds. The zero-order valence-electron chi connectivity index (χ0n) is 68.5. The van der Waals surface area contributed by atoms with Crippen molar-refractivity contribution >= 4 is 195 Å². The van der Waals surface area contributed by atoms with Gasteiger partial charge in [0.1, 0.15) is 29.3 Å². The number of nitrogens with one attached hydrogen (secondary N) is 3. The second kappa shape index (κ2) is 45.2. The molecule has 30 nitrogen and oxygen atoms in total. The van der Waals surface area contributed by atoms with Crippen LogP contribution in [0.2, 0.25) is 0 Å². The number of rotatable bonds is 10. The number of nitrogens with two attached hydrogens (primary N) is 1. The van der Waals surface area contributed by atoms with Crippen molar-refractivity contribution in [3.63, 3.8) is 0 Å². The van der Waals surface area contributed by atoms with Crippen molar-refractivity contribution in [2.75, 3.05) is 142 Å². The average molecular weight is 2150 g/mol. The summed E-state index contributed by atoms with van der Waals surface area (Å²) in [4.78, 5) is 83.7. The van der Waals surface area contributed by atoms with Gasteiger partial charge < -0.3 is 87.0 Å². The van der Waals surface area contributed by atoms with Gasteiger partial charge in [-0.05, 0) is 209 Å². The monoisotopic (exact) mass is 2140 g/mol. The van der Waals surface area contributed by atoms with E-state index in [0.717, 1.165) is 184 Å². The SMILES string of the molecule is Brc1cn2ccnc2c(Br)n1.Brc1cn2ccnc2c(N2CCOCC2)n1.Brc1cn2ccnc2c(N2CCOCC2)n1.C1COCCN1.Cc1ccc(NC(=O)c2cccc(C(F)(F)F)c2)cc1-c1cn2ccnc2c(N2CCOCC2)n1.Cc1ccc(NC(=O)c2cccc(C(F)(F)F)c2)cc1B1OC(C)(C)C(C)(C)O1.Nc1ncc(Br)nc1Br.O=CCCl. The van der Waals surface area contributed by atoms with Crippen molar-refractivity contribution in [3.05, 3.63) is 226 Å². The Morgan fingerprint density at radius 2 is 0.897 bits per heavy atom. The third-order valence-electron chi connectivity index (χ3n) is 19.6. The fourth-order valence-electron chi connectivity index (χ4n) is 12.5. The lowest BCUT2D eigenvalue weighted by molar-refractivity contribution is -0.138. The van der Waals surface area contributed by atoms with E-state index in [4.69, 9.17) is 55.4 Å². The molecule has 5 saturated heterocycles. The van der Waals surface area contributed by atoms with E-state index >= 15 is 0 Å². The van der Waals surface area contributed by atoms with Crippen molar-refractivity contribution in [2.24, 2.45) is 0 Å². The molecule has 0 unspecified atom stereocenters. The number of anilines is 6. The summed E-state index contributed by atoms with van der Waals surface area (Å²) in [5.41, 5.74) is 10.8. The molecule has 0 saturated carbocycles. The summed E-state index contributed by atoms with van der Waals surface area (Å²) in [5, 5.41) is 8.52. The third kappa shape index (κ3) is 26.7. The number of carbonyl (C=O) groups is 3. The number of hydrogen-bond donors (Lipinski definition) is 4. The van der Waals surface area contributed by atoms with Gasteiger partial charge in [-0.25, -0.2) is 49.8 Å². The predicted octanol–water partition coefficient (Wildman–Crippen LogP) is 15.9. The standard InChI is InChI=1S/C25H22F3N5O2.C21H23BF3NO3.2C10H11BrN4O.C6H3Br2N3.C4H3Br2N3.C4H9NO.C2H3ClO/c1-16-5-6-19(30-24(34)17-3-2-4-18(13-17)25(26,27)28)14-20(16)21-15-33-8-7-29-22(33)23(31-21)32-9-11-35-12-10-32;1-13-9-10-16(12-17(13)22-28-19(2,3)20(4,5)29-22)26-18(27)14-7-6-8-15(11-14)21(23,24)25;2*11-8-7-15-2-1-12-9(15)10(13-8)14-3-5-16-6-4-14;7-4-3-11-2-1-9-6(11)5(8)10-4;5-2-1-8-4(7)3(6)9-2;1-3-6-4-2-5-1;3-1-2-4/h2-8,13-15H,9-12H2,1H3,(H,30,34);6-12H,1-5H3,(H,26,27);2*1-2,7H,3-6H2;1-3H;1H,(H2,7,8);5H,1-4H2;2H,1H2.